The van der Waals surface area contributed by atoms with Crippen molar-refractivity contribution < 1.29 is 37.4 Å². The predicted molar refractivity (Wildman–Crippen MR) is 168 cm³/mol. The Labute approximate surface area is 267 Å². The number of ether oxygens (including phenoxy) is 2. The van der Waals surface area contributed by atoms with Crippen LogP contribution in [-0.4, -0.2) is 98.9 Å². The summed E-state index contributed by atoms with van der Waals surface area (Å²) < 4.78 is 47.7. The molecule has 0 spiro atoms. The zero-order chi connectivity index (χ0) is 31.9. The summed E-state index contributed by atoms with van der Waals surface area (Å²) in [7, 11) is -0.361. The molecule has 45 heavy (non-hydrogen) atoms. The third kappa shape index (κ3) is 6.64. The quantitative estimate of drug-likeness (QED) is 0.105. The number of thiol groups is 1. The molecule has 5 N–H and O–H groups in total. The molecule has 0 bridgehead atoms. The van der Waals surface area contributed by atoms with Crippen LogP contribution >= 0.6 is 27.0 Å². The SMILES string of the molecule is CC(C)Nc1ncnc2c1ncn2[C@H]1C[C@H](OP(O)(=S)OC[C@H]2O[C@@H](n3cnc4c(N)ncnc43)[C@H](F)[C@@H]2OPS)[C@@H](CO)O1. The van der Waals surface area contributed by atoms with Crippen LogP contribution in [0.15, 0.2) is 25.3 Å². The van der Waals surface area contributed by atoms with E-state index >= 15 is 4.39 Å². The molecule has 2 unspecified atom stereocenters. The van der Waals surface area contributed by atoms with E-state index < -0.39 is 56.4 Å². The van der Waals surface area contributed by atoms with E-state index in [1.54, 1.807) is 10.9 Å². The summed E-state index contributed by atoms with van der Waals surface area (Å²) >= 11 is 9.39. The number of aliphatic hydroxyl groups excluding tert-OH is 1. The van der Waals surface area contributed by atoms with E-state index in [1.165, 1.54) is 23.5 Å². The Morgan fingerprint density at radius 1 is 1.13 bits per heavy atom. The molecule has 244 valence electrons. The number of fused-ring (bicyclic) bond motifs is 2. The van der Waals surface area contributed by atoms with Gasteiger partial charge in [0, 0.05) is 12.5 Å². The average Bonchev–Trinajstić information content (AvgIpc) is 3.77. The molecule has 0 aliphatic carbocycles. The van der Waals surface area contributed by atoms with E-state index in [2.05, 4.69) is 47.5 Å². The van der Waals surface area contributed by atoms with Gasteiger partial charge in [-0.1, -0.05) is 0 Å². The molecule has 2 aliphatic rings. The molecule has 17 nitrogen and oxygen atoms in total. The van der Waals surface area contributed by atoms with E-state index in [-0.39, 0.29) is 38.5 Å². The summed E-state index contributed by atoms with van der Waals surface area (Å²) in [4.78, 5) is 36.3. The van der Waals surface area contributed by atoms with Crippen molar-refractivity contribution in [2.24, 2.45) is 0 Å². The van der Waals surface area contributed by atoms with Crippen molar-refractivity contribution in [2.45, 2.75) is 69.4 Å². The van der Waals surface area contributed by atoms with E-state index in [0.29, 0.717) is 22.5 Å². The van der Waals surface area contributed by atoms with Crippen LogP contribution < -0.4 is 11.1 Å². The van der Waals surface area contributed by atoms with Crippen molar-refractivity contribution >= 4 is 72.7 Å². The van der Waals surface area contributed by atoms with Gasteiger partial charge >= 0.3 is 6.72 Å². The van der Waals surface area contributed by atoms with Crippen LogP contribution in [0.3, 0.4) is 0 Å². The molecular formula is C23H31FN10O7P2S2. The van der Waals surface area contributed by atoms with Crippen LogP contribution in [0.5, 0.6) is 0 Å². The number of aliphatic hydroxyl groups is 1. The van der Waals surface area contributed by atoms with Crippen molar-refractivity contribution in [1.82, 2.24) is 39.0 Å². The number of hydrogen-bond donors (Lipinski definition) is 5. The number of halogens is 1. The number of aromatic nitrogens is 8. The first kappa shape index (κ1) is 32.7. The van der Waals surface area contributed by atoms with Gasteiger partial charge < -0.3 is 44.1 Å². The first-order valence-electron chi connectivity index (χ1n) is 13.7. The van der Waals surface area contributed by atoms with E-state index in [9.17, 15) is 10.00 Å². The fourth-order valence-corrected chi connectivity index (χ4v) is 7.51. The summed E-state index contributed by atoms with van der Waals surface area (Å²) in [6.07, 6.45) is -1.58. The van der Waals surface area contributed by atoms with Gasteiger partial charge in [-0.05, 0) is 25.7 Å². The maximum absolute atomic E-state index is 15.7. The largest absolute Gasteiger partial charge is 0.394 e. The smallest absolute Gasteiger partial charge is 0.324 e. The number of imidazole rings is 2. The molecule has 22 heteroatoms. The number of alkyl halides is 1. The minimum Gasteiger partial charge on any atom is -0.394 e. The van der Waals surface area contributed by atoms with Crippen LogP contribution in [0.2, 0.25) is 0 Å². The topological polar surface area (TPSA) is 212 Å². The summed E-state index contributed by atoms with van der Waals surface area (Å²) in [5.41, 5.74) is 7.50. The number of nitrogens with zero attached hydrogens (tertiary/aromatic N) is 8. The molecule has 6 heterocycles. The Bertz CT molecular complexity index is 1700. The Morgan fingerprint density at radius 3 is 2.58 bits per heavy atom. The minimum absolute atomic E-state index is 0.123. The van der Waals surface area contributed by atoms with Crippen molar-refractivity contribution in [3.05, 3.63) is 25.3 Å². The first-order valence-corrected chi connectivity index (χ1v) is 18.5. The zero-order valence-corrected chi connectivity index (χ0v) is 27.4. The molecular weight excluding hydrogens is 673 g/mol. The summed E-state index contributed by atoms with van der Waals surface area (Å²) in [6, 6.07) is 0.123. The first-order chi connectivity index (χ1) is 21.6. The maximum atomic E-state index is 15.7. The lowest BCUT2D eigenvalue weighted by molar-refractivity contribution is -0.0499. The maximum Gasteiger partial charge on any atom is 0.324 e. The standard InChI is InChI=1S/C23H31FN10O7P2S2/c1-10(2)32-20-17-22(29-7-27-20)33(8-31-17)14-3-11(12(4-35)38-14)41-43(36,45)37-5-13-18(40-42-44)15(24)23(39-13)34-9-30-16-19(25)26-6-28-21(16)34/h6-15,18,23,35,42,44H,3-5H2,1-2H3,(H,36,45)(H2,25,26,28)(H,27,29,32)/t11-,12+,13+,14+,15+,18+,23+,43?/m0/s1. The molecule has 9 atom stereocenters. The van der Waals surface area contributed by atoms with E-state index in [4.69, 9.17) is 40.6 Å². The van der Waals surface area contributed by atoms with Crippen LogP contribution in [0, 0.1) is 0 Å². The molecule has 6 rings (SSSR count). The number of hydrogen-bond acceptors (Lipinski definition) is 16. The molecule has 0 radical (unpaired) electrons. The highest BCUT2D eigenvalue weighted by Crippen LogP contribution is 2.50. The summed E-state index contributed by atoms with van der Waals surface area (Å²) in [5, 5.41) is 13.3. The lowest BCUT2D eigenvalue weighted by Gasteiger charge is -2.25. The third-order valence-corrected chi connectivity index (χ3v) is 9.52. The number of nitrogens with one attached hydrogen (secondary N) is 1. The van der Waals surface area contributed by atoms with Crippen LogP contribution in [0.25, 0.3) is 22.3 Å². The van der Waals surface area contributed by atoms with Crippen LogP contribution in [0.4, 0.5) is 16.0 Å². The lowest BCUT2D eigenvalue weighted by atomic mass is 10.1. The van der Waals surface area contributed by atoms with Gasteiger partial charge in [-0.25, -0.2) is 34.3 Å². The highest BCUT2D eigenvalue weighted by atomic mass is 32.7. The van der Waals surface area contributed by atoms with Crippen molar-refractivity contribution in [2.75, 3.05) is 24.3 Å². The lowest BCUT2D eigenvalue weighted by Crippen LogP contribution is -2.32. The normalized spacial score (nSPS) is 28.6. The molecule has 0 aromatic carbocycles. The molecule has 2 fully saturated rings. The highest BCUT2D eigenvalue weighted by Gasteiger charge is 2.49. The molecule has 0 saturated carbocycles. The van der Waals surface area contributed by atoms with Gasteiger partial charge in [0.05, 0.1) is 40.0 Å². The van der Waals surface area contributed by atoms with Crippen molar-refractivity contribution in [1.29, 1.82) is 0 Å². The fraction of sp³-hybridized carbons (Fsp3) is 0.565. The van der Waals surface area contributed by atoms with E-state index in [0.717, 1.165) is 0 Å². The van der Waals surface area contributed by atoms with Crippen molar-refractivity contribution in [3.8, 4) is 0 Å². The van der Waals surface area contributed by atoms with Gasteiger partial charge in [-0.15, -0.1) is 12.2 Å². The Kier molecular flexibility index (Phi) is 9.80. The van der Waals surface area contributed by atoms with E-state index in [1.807, 2.05) is 13.8 Å². The molecule has 2 saturated heterocycles. The number of nitrogens with two attached hydrogens (primary N) is 1. The van der Waals surface area contributed by atoms with Gasteiger partial charge in [0.25, 0.3) is 0 Å². The number of rotatable bonds is 12. The van der Waals surface area contributed by atoms with Crippen molar-refractivity contribution in [3.63, 3.8) is 0 Å². The zero-order valence-electron chi connectivity index (χ0n) is 23.8. The Balaban J connectivity index is 1.13. The molecule has 2 aliphatic heterocycles. The van der Waals surface area contributed by atoms with Crippen LogP contribution in [-0.2, 0) is 34.9 Å². The second-order valence-electron chi connectivity index (χ2n) is 10.6. The fourth-order valence-electron chi connectivity index (χ4n) is 5.27. The van der Waals surface area contributed by atoms with Gasteiger partial charge in [-0.2, -0.15) is 0 Å². The summed E-state index contributed by atoms with van der Waals surface area (Å²) in [6.45, 7) is -0.783. The molecule has 0 amide bonds. The van der Waals surface area contributed by atoms with Gasteiger partial charge in [0.1, 0.15) is 42.7 Å². The predicted octanol–water partition coefficient (Wildman–Crippen LogP) is 2.03. The monoisotopic (exact) mass is 704 g/mol. The molecule has 4 aromatic heterocycles. The second-order valence-corrected chi connectivity index (χ2v) is 14.3. The number of anilines is 2. The van der Waals surface area contributed by atoms with Crippen LogP contribution in [0.1, 0.15) is 32.7 Å². The second kappa shape index (κ2) is 13.5. The Hall–Kier alpha value is -2.22. The van der Waals surface area contributed by atoms with Gasteiger partial charge in [-0.3, -0.25) is 9.13 Å². The van der Waals surface area contributed by atoms with Gasteiger partial charge in [0.2, 0.25) is 0 Å². The average molecular weight is 705 g/mol. The van der Waals surface area contributed by atoms with Gasteiger partial charge in [0.15, 0.2) is 40.8 Å². The molecule has 4 aromatic rings. The number of nitrogen functional groups attached to an aromatic ring is 1. The highest BCUT2D eigenvalue weighted by molar-refractivity contribution is 8.36. The minimum atomic E-state index is -3.96. The Morgan fingerprint density at radius 2 is 1.84 bits per heavy atom. The third-order valence-electron chi connectivity index (χ3n) is 7.24. The summed E-state index contributed by atoms with van der Waals surface area (Å²) in [5.74, 6) is 0.709.